The Bertz CT molecular complexity index is 436. The van der Waals surface area contributed by atoms with Crippen LogP contribution in [0.2, 0.25) is 0 Å². The van der Waals surface area contributed by atoms with Crippen molar-refractivity contribution in [1.82, 2.24) is 4.98 Å². The van der Waals surface area contributed by atoms with Crippen molar-refractivity contribution in [2.45, 2.75) is 31.5 Å². The Kier molecular flexibility index (Phi) is 4.52. The molecule has 0 amide bonds. The predicted molar refractivity (Wildman–Crippen MR) is 62.3 cm³/mol. The summed E-state index contributed by atoms with van der Waals surface area (Å²) in [5.74, 6) is -2.85. The fourth-order valence-corrected chi connectivity index (χ4v) is 1.65. The van der Waals surface area contributed by atoms with Crippen LogP contribution in [0.5, 0.6) is 0 Å². The molecule has 0 saturated heterocycles. The van der Waals surface area contributed by atoms with Crippen LogP contribution in [-0.4, -0.2) is 29.3 Å². The Balaban J connectivity index is 3.22. The predicted octanol–water partition coefficient (Wildman–Crippen LogP) is 2.01. The molecule has 1 rings (SSSR count). The summed E-state index contributed by atoms with van der Waals surface area (Å²) in [7, 11) is 0. The monoisotopic (exact) mass is 276 g/mol. The maximum absolute atomic E-state index is 13.2. The summed E-state index contributed by atoms with van der Waals surface area (Å²) < 4.78 is 43.9. The molecule has 106 valence electrons. The highest BCUT2D eigenvalue weighted by Crippen LogP contribution is 2.39. The molecule has 0 aliphatic carbocycles. The number of halogens is 3. The number of rotatable bonds is 4. The third-order valence-corrected chi connectivity index (χ3v) is 2.90. The number of nitrogens with two attached hydrogens (primary N) is 1. The molecule has 0 aliphatic rings. The van der Waals surface area contributed by atoms with Crippen molar-refractivity contribution in [3.05, 3.63) is 30.1 Å². The van der Waals surface area contributed by atoms with Gasteiger partial charge in [0.15, 0.2) is 0 Å². The summed E-state index contributed by atoms with van der Waals surface area (Å²) in [5, 5.41) is 0. The first-order valence-corrected chi connectivity index (χ1v) is 5.68. The standard InChI is InChI=1S/C12H15F3N2O2/c1-3-19-10(18)11(16,12(13,14)15)8(2)9-6-4-5-7-17-9/h4-8H,3,16H2,1-2H3. The third-order valence-electron chi connectivity index (χ3n) is 2.90. The number of esters is 1. The van der Waals surface area contributed by atoms with Crippen molar-refractivity contribution < 1.29 is 22.7 Å². The summed E-state index contributed by atoms with van der Waals surface area (Å²) in [6, 6.07) is 4.48. The molecule has 2 atom stereocenters. The quantitative estimate of drug-likeness (QED) is 0.854. The molecule has 2 N–H and O–H groups in total. The fourth-order valence-electron chi connectivity index (χ4n) is 1.65. The zero-order valence-corrected chi connectivity index (χ0v) is 10.6. The Labute approximate surface area is 108 Å². The summed E-state index contributed by atoms with van der Waals surface area (Å²) in [4.78, 5) is 15.4. The minimum absolute atomic E-state index is 0.0791. The van der Waals surface area contributed by atoms with Gasteiger partial charge in [-0.2, -0.15) is 13.2 Å². The highest BCUT2D eigenvalue weighted by molar-refractivity contribution is 5.83. The lowest BCUT2D eigenvalue weighted by Gasteiger charge is -2.34. The van der Waals surface area contributed by atoms with Gasteiger partial charge in [0.05, 0.1) is 6.61 Å². The normalized spacial score (nSPS) is 16.5. The molecule has 4 nitrogen and oxygen atoms in total. The molecule has 0 saturated carbocycles. The van der Waals surface area contributed by atoms with E-state index in [0.29, 0.717) is 0 Å². The van der Waals surface area contributed by atoms with Crippen LogP contribution < -0.4 is 5.73 Å². The molecule has 0 aromatic carbocycles. The Morgan fingerprint density at radius 1 is 1.47 bits per heavy atom. The van der Waals surface area contributed by atoms with Gasteiger partial charge in [0, 0.05) is 17.8 Å². The first-order valence-electron chi connectivity index (χ1n) is 5.68. The lowest BCUT2D eigenvalue weighted by molar-refractivity contribution is -0.209. The summed E-state index contributed by atoms with van der Waals surface area (Å²) in [6.45, 7) is 2.44. The van der Waals surface area contributed by atoms with Crippen LogP contribution in [0.15, 0.2) is 24.4 Å². The van der Waals surface area contributed by atoms with E-state index in [2.05, 4.69) is 9.72 Å². The van der Waals surface area contributed by atoms with Gasteiger partial charge < -0.3 is 10.5 Å². The number of nitrogens with zero attached hydrogens (tertiary/aromatic N) is 1. The smallest absolute Gasteiger partial charge is 0.417 e. The van der Waals surface area contributed by atoms with Gasteiger partial charge in [-0.3, -0.25) is 4.98 Å². The summed E-state index contributed by atoms with van der Waals surface area (Å²) >= 11 is 0. The van der Waals surface area contributed by atoms with Crippen LogP contribution in [0.25, 0.3) is 0 Å². The van der Waals surface area contributed by atoms with Gasteiger partial charge in [0.25, 0.3) is 0 Å². The van der Waals surface area contributed by atoms with E-state index in [9.17, 15) is 18.0 Å². The molecule has 0 bridgehead atoms. The van der Waals surface area contributed by atoms with Gasteiger partial charge in [-0.05, 0) is 19.1 Å². The highest BCUT2D eigenvalue weighted by Gasteiger charge is 2.62. The molecule has 0 fully saturated rings. The molecule has 0 aliphatic heterocycles. The van der Waals surface area contributed by atoms with Gasteiger partial charge in [-0.1, -0.05) is 13.0 Å². The first kappa shape index (κ1) is 15.4. The van der Waals surface area contributed by atoms with Crippen molar-refractivity contribution in [1.29, 1.82) is 0 Å². The molecule has 1 aromatic heterocycles. The maximum Gasteiger partial charge on any atom is 0.417 e. The second-order valence-electron chi connectivity index (χ2n) is 4.06. The van der Waals surface area contributed by atoms with E-state index in [1.807, 2.05) is 0 Å². The number of pyridine rings is 1. The molecule has 7 heteroatoms. The number of carbonyl (C=O) groups excluding carboxylic acids is 1. The van der Waals surface area contributed by atoms with Crippen molar-refractivity contribution in [3.63, 3.8) is 0 Å². The second kappa shape index (κ2) is 5.56. The summed E-state index contributed by atoms with van der Waals surface area (Å²) in [5.41, 5.74) is 2.31. The number of aromatic nitrogens is 1. The van der Waals surface area contributed by atoms with E-state index in [-0.39, 0.29) is 12.3 Å². The van der Waals surface area contributed by atoms with Gasteiger partial charge in [-0.25, -0.2) is 4.79 Å². The van der Waals surface area contributed by atoms with Gasteiger partial charge in [0.2, 0.25) is 5.54 Å². The van der Waals surface area contributed by atoms with Gasteiger partial charge in [-0.15, -0.1) is 0 Å². The van der Waals surface area contributed by atoms with E-state index in [0.717, 1.165) is 0 Å². The van der Waals surface area contributed by atoms with Gasteiger partial charge >= 0.3 is 12.1 Å². The third kappa shape index (κ3) is 2.86. The Hall–Kier alpha value is -1.63. The van der Waals surface area contributed by atoms with E-state index in [1.54, 1.807) is 6.07 Å². The molecule has 0 radical (unpaired) electrons. The SMILES string of the molecule is CCOC(=O)C(N)(C(C)c1ccccn1)C(F)(F)F. The van der Waals surface area contributed by atoms with Crippen LogP contribution in [0.3, 0.4) is 0 Å². The number of hydrogen-bond acceptors (Lipinski definition) is 4. The number of hydrogen-bond donors (Lipinski definition) is 1. The minimum Gasteiger partial charge on any atom is -0.464 e. The van der Waals surface area contributed by atoms with Crippen LogP contribution in [0.1, 0.15) is 25.5 Å². The minimum atomic E-state index is -4.93. The fraction of sp³-hybridized carbons (Fsp3) is 0.500. The molecular formula is C12H15F3N2O2. The van der Waals surface area contributed by atoms with E-state index < -0.39 is 23.6 Å². The van der Waals surface area contributed by atoms with Crippen LogP contribution in [0, 0.1) is 0 Å². The van der Waals surface area contributed by atoms with Gasteiger partial charge in [0.1, 0.15) is 0 Å². The Morgan fingerprint density at radius 3 is 2.53 bits per heavy atom. The molecule has 0 spiro atoms. The van der Waals surface area contributed by atoms with Crippen molar-refractivity contribution in [3.8, 4) is 0 Å². The van der Waals surface area contributed by atoms with Crippen LogP contribution in [-0.2, 0) is 9.53 Å². The highest BCUT2D eigenvalue weighted by atomic mass is 19.4. The maximum atomic E-state index is 13.2. The number of alkyl halides is 3. The van der Waals surface area contributed by atoms with Crippen LogP contribution in [0.4, 0.5) is 13.2 Å². The first-order chi connectivity index (χ1) is 8.75. The topological polar surface area (TPSA) is 65.2 Å². The lowest BCUT2D eigenvalue weighted by Crippen LogP contribution is -2.63. The number of ether oxygens (including phenoxy) is 1. The zero-order chi connectivity index (χ0) is 14.7. The van der Waals surface area contributed by atoms with Crippen molar-refractivity contribution in [2.24, 2.45) is 5.73 Å². The van der Waals surface area contributed by atoms with E-state index in [4.69, 9.17) is 5.73 Å². The Morgan fingerprint density at radius 2 is 2.11 bits per heavy atom. The zero-order valence-electron chi connectivity index (χ0n) is 10.6. The molecule has 1 heterocycles. The average Bonchev–Trinajstić information content (AvgIpc) is 2.36. The average molecular weight is 276 g/mol. The molecule has 19 heavy (non-hydrogen) atoms. The summed E-state index contributed by atoms with van der Waals surface area (Å²) in [6.07, 6.45) is -3.59. The van der Waals surface area contributed by atoms with Crippen molar-refractivity contribution in [2.75, 3.05) is 6.61 Å². The van der Waals surface area contributed by atoms with Crippen molar-refractivity contribution >= 4 is 5.97 Å². The van der Waals surface area contributed by atoms with E-state index in [1.165, 1.54) is 32.2 Å². The lowest BCUT2D eigenvalue weighted by atomic mass is 9.82. The number of carbonyl (C=O) groups is 1. The van der Waals surface area contributed by atoms with E-state index >= 15 is 0 Å². The molecule has 1 aromatic rings. The largest absolute Gasteiger partial charge is 0.464 e. The molecular weight excluding hydrogens is 261 g/mol. The second-order valence-corrected chi connectivity index (χ2v) is 4.06. The molecule has 2 unspecified atom stereocenters. The van der Waals surface area contributed by atoms with Crippen LogP contribution >= 0.6 is 0 Å².